The van der Waals surface area contributed by atoms with Gasteiger partial charge in [-0.1, -0.05) is 12.1 Å². The van der Waals surface area contributed by atoms with Crippen molar-refractivity contribution in [1.82, 2.24) is 25.5 Å². The van der Waals surface area contributed by atoms with Gasteiger partial charge in [0.25, 0.3) is 0 Å². The zero-order valence-corrected chi connectivity index (χ0v) is 11.2. The molecule has 0 fully saturated rings. The lowest BCUT2D eigenvalue weighted by atomic mass is 9.96. The van der Waals surface area contributed by atoms with E-state index in [0.717, 1.165) is 30.8 Å². The Bertz CT molecular complexity index is 508. The number of hydrogen-bond donors (Lipinski definition) is 1. The van der Waals surface area contributed by atoms with Crippen LogP contribution in [0, 0.1) is 11.7 Å². The molecule has 0 bridgehead atoms. The van der Waals surface area contributed by atoms with Crippen molar-refractivity contribution in [3.8, 4) is 0 Å². The van der Waals surface area contributed by atoms with Crippen LogP contribution in [-0.2, 0) is 19.9 Å². The Morgan fingerprint density at radius 3 is 2.58 bits per heavy atom. The second-order valence-electron chi connectivity index (χ2n) is 4.65. The molecule has 1 aromatic carbocycles. The lowest BCUT2D eigenvalue weighted by Gasteiger charge is -2.14. The van der Waals surface area contributed by atoms with Gasteiger partial charge in [0.15, 0.2) is 5.82 Å². The molecule has 0 radical (unpaired) electrons. The van der Waals surface area contributed by atoms with Crippen LogP contribution in [0.2, 0.25) is 0 Å². The quantitative estimate of drug-likeness (QED) is 0.843. The van der Waals surface area contributed by atoms with Crippen LogP contribution in [0.25, 0.3) is 0 Å². The molecule has 5 nitrogen and oxygen atoms in total. The lowest BCUT2D eigenvalue weighted by molar-refractivity contribution is 0.480. The maximum Gasteiger partial charge on any atom is 0.175 e. The molecule has 1 unspecified atom stereocenters. The zero-order chi connectivity index (χ0) is 13.7. The third-order valence-corrected chi connectivity index (χ3v) is 2.95. The number of halogens is 1. The molecule has 0 aliphatic rings. The minimum atomic E-state index is -0.204. The van der Waals surface area contributed by atoms with Crippen molar-refractivity contribution >= 4 is 0 Å². The molecule has 0 amide bonds. The summed E-state index contributed by atoms with van der Waals surface area (Å²) in [6, 6.07) is 6.63. The summed E-state index contributed by atoms with van der Waals surface area (Å²) >= 11 is 0. The predicted octanol–water partition coefficient (Wildman–Crippen LogP) is 0.970. The van der Waals surface area contributed by atoms with Crippen LogP contribution < -0.4 is 5.32 Å². The molecular formula is C13H18FN5. The van der Waals surface area contributed by atoms with E-state index in [1.165, 1.54) is 16.9 Å². The maximum atomic E-state index is 12.9. The van der Waals surface area contributed by atoms with Gasteiger partial charge in [-0.3, -0.25) is 0 Å². The average Bonchev–Trinajstić information content (AvgIpc) is 2.78. The van der Waals surface area contributed by atoms with E-state index in [-0.39, 0.29) is 5.82 Å². The van der Waals surface area contributed by atoms with E-state index >= 15 is 0 Å². The van der Waals surface area contributed by atoms with Gasteiger partial charge in [0.1, 0.15) is 5.82 Å². The van der Waals surface area contributed by atoms with Gasteiger partial charge in [-0.15, -0.1) is 10.2 Å². The van der Waals surface area contributed by atoms with Gasteiger partial charge in [-0.25, -0.2) is 4.39 Å². The number of aryl methyl sites for hydroxylation is 1. The van der Waals surface area contributed by atoms with Crippen LogP contribution in [0.5, 0.6) is 0 Å². The van der Waals surface area contributed by atoms with E-state index in [0.29, 0.717) is 5.92 Å². The molecule has 19 heavy (non-hydrogen) atoms. The van der Waals surface area contributed by atoms with Crippen LogP contribution in [0.1, 0.15) is 11.4 Å². The monoisotopic (exact) mass is 263 g/mol. The molecule has 1 atom stereocenters. The molecule has 2 rings (SSSR count). The molecule has 0 saturated heterocycles. The Morgan fingerprint density at radius 2 is 2.00 bits per heavy atom. The Balaban J connectivity index is 2.01. The molecule has 0 saturated carbocycles. The second-order valence-corrected chi connectivity index (χ2v) is 4.65. The highest BCUT2D eigenvalue weighted by molar-refractivity contribution is 5.16. The van der Waals surface area contributed by atoms with Crippen molar-refractivity contribution in [2.24, 2.45) is 13.0 Å². The number of aromatic nitrogens is 4. The first-order chi connectivity index (χ1) is 9.17. The highest BCUT2D eigenvalue weighted by Gasteiger charge is 2.13. The van der Waals surface area contributed by atoms with Crippen molar-refractivity contribution in [1.29, 1.82) is 0 Å². The molecule has 1 N–H and O–H groups in total. The first-order valence-corrected chi connectivity index (χ1v) is 6.29. The predicted molar refractivity (Wildman–Crippen MR) is 70.0 cm³/mol. The summed E-state index contributed by atoms with van der Waals surface area (Å²) < 4.78 is 12.9. The van der Waals surface area contributed by atoms with E-state index < -0.39 is 0 Å². The molecule has 0 aliphatic heterocycles. The summed E-state index contributed by atoms with van der Waals surface area (Å²) in [7, 11) is 3.67. The van der Waals surface area contributed by atoms with Gasteiger partial charge in [-0.05, 0) is 48.8 Å². The van der Waals surface area contributed by atoms with E-state index in [1.807, 2.05) is 19.2 Å². The second kappa shape index (κ2) is 6.38. The van der Waals surface area contributed by atoms with E-state index in [1.54, 1.807) is 7.05 Å². The molecule has 2 aromatic rings. The fourth-order valence-corrected chi connectivity index (χ4v) is 2.12. The first kappa shape index (κ1) is 13.6. The van der Waals surface area contributed by atoms with Crippen LogP contribution >= 0.6 is 0 Å². The van der Waals surface area contributed by atoms with E-state index in [2.05, 4.69) is 20.7 Å². The highest BCUT2D eigenvalue weighted by atomic mass is 19.1. The van der Waals surface area contributed by atoms with Gasteiger partial charge < -0.3 is 5.32 Å². The Labute approximate surface area is 111 Å². The standard InChI is InChI=1S/C13H18FN5/c1-15-9-11(8-13-16-18-19(2)17-13)7-10-3-5-12(14)6-4-10/h3-6,11,15H,7-9H2,1-2H3. The van der Waals surface area contributed by atoms with Crippen molar-refractivity contribution in [3.05, 3.63) is 41.5 Å². The van der Waals surface area contributed by atoms with Gasteiger partial charge >= 0.3 is 0 Å². The summed E-state index contributed by atoms with van der Waals surface area (Å²) in [5, 5.41) is 15.2. The Morgan fingerprint density at radius 1 is 1.26 bits per heavy atom. The average molecular weight is 263 g/mol. The smallest absolute Gasteiger partial charge is 0.175 e. The fraction of sp³-hybridized carbons (Fsp3) is 0.462. The third kappa shape index (κ3) is 4.10. The molecule has 6 heteroatoms. The van der Waals surface area contributed by atoms with Crippen LogP contribution in [0.4, 0.5) is 4.39 Å². The number of nitrogens with zero attached hydrogens (tertiary/aromatic N) is 4. The van der Waals surface area contributed by atoms with Crippen molar-refractivity contribution in [2.75, 3.05) is 13.6 Å². The Hall–Kier alpha value is -1.82. The van der Waals surface area contributed by atoms with Crippen LogP contribution in [0.15, 0.2) is 24.3 Å². The van der Waals surface area contributed by atoms with Gasteiger partial charge in [-0.2, -0.15) is 4.80 Å². The third-order valence-electron chi connectivity index (χ3n) is 2.95. The van der Waals surface area contributed by atoms with Crippen LogP contribution in [0.3, 0.4) is 0 Å². The summed E-state index contributed by atoms with van der Waals surface area (Å²) in [6.45, 7) is 0.857. The number of rotatable bonds is 6. The van der Waals surface area contributed by atoms with Crippen molar-refractivity contribution in [2.45, 2.75) is 12.8 Å². The SMILES string of the molecule is CNCC(Cc1ccc(F)cc1)Cc1nnn(C)n1. The topological polar surface area (TPSA) is 55.6 Å². The maximum absolute atomic E-state index is 12.9. The Kier molecular flexibility index (Phi) is 4.57. The molecule has 0 spiro atoms. The largest absolute Gasteiger partial charge is 0.319 e. The van der Waals surface area contributed by atoms with Gasteiger partial charge in [0.2, 0.25) is 0 Å². The minimum absolute atomic E-state index is 0.204. The van der Waals surface area contributed by atoms with Gasteiger partial charge in [0.05, 0.1) is 7.05 Å². The molecular weight excluding hydrogens is 245 g/mol. The van der Waals surface area contributed by atoms with E-state index in [4.69, 9.17) is 0 Å². The zero-order valence-electron chi connectivity index (χ0n) is 11.2. The number of nitrogens with one attached hydrogen (secondary N) is 1. The molecule has 1 aromatic heterocycles. The fourth-order valence-electron chi connectivity index (χ4n) is 2.12. The van der Waals surface area contributed by atoms with Crippen molar-refractivity contribution in [3.63, 3.8) is 0 Å². The molecule has 102 valence electrons. The first-order valence-electron chi connectivity index (χ1n) is 6.29. The number of benzene rings is 1. The highest BCUT2D eigenvalue weighted by Crippen LogP contribution is 2.12. The summed E-state index contributed by atoms with van der Waals surface area (Å²) in [6.07, 6.45) is 1.62. The normalized spacial score (nSPS) is 12.6. The molecule has 0 aliphatic carbocycles. The lowest BCUT2D eigenvalue weighted by Crippen LogP contribution is -2.23. The van der Waals surface area contributed by atoms with Crippen molar-refractivity contribution < 1.29 is 4.39 Å². The molecule has 1 heterocycles. The summed E-state index contributed by atoms with van der Waals surface area (Å²) in [4.78, 5) is 1.46. The summed E-state index contributed by atoms with van der Waals surface area (Å²) in [5.74, 6) is 0.897. The summed E-state index contributed by atoms with van der Waals surface area (Å²) in [5.41, 5.74) is 1.12. The minimum Gasteiger partial charge on any atom is -0.319 e. The van der Waals surface area contributed by atoms with Crippen LogP contribution in [-0.4, -0.2) is 33.8 Å². The number of tetrazole rings is 1. The van der Waals surface area contributed by atoms with Gasteiger partial charge in [0, 0.05) is 6.42 Å². The number of hydrogen-bond acceptors (Lipinski definition) is 4. The van der Waals surface area contributed by atoms with E-state index in [9.17, 15) is 4.39 Å².